The SMILES string of the molecule is Cc1nccn1-c1cc(Oc2ccc(NS(=O)(=O)c3ccc([N+](=O)[O-])cc3)cc2)ncn1. The zero-order chi connectivity index (χ0) is 22.7. The van der Waals surface area contributed by atoms with Crippen molar-refractivity contribution in [2.45, 2.75) is 11.8 Å². The fourth-order valence-corrected chi connectivity index (χ4v) is 3.87. The molecule has 0 aliphatic carbocycles. The molecule has 11 nitrogen and oxygen atoms in total. The Bertz CT molecular complexity index is 1370. The van der Waals surface area contributed by atoms with E-state index in [1.54, 1.807) is 35.2 Å². The Morgan fingerprint density at radius 2 is 1.75 bits per heavy atom. The van der Waals surface area contributed by atoms with Gasteiger partial charge in [-0.25, -0.2) is 23.4 Å². The first-order chi connectivity index (χ1) is 15.3. The van der Waals surface area contributed by atoms with Gasteiger partial charge >= 0.3 is 0 Å². The second-order valence-corrected chi connectivity index (χ2v) is 8.22. The molecule has 2 aromatic heterocycles. The van der Waals surface area contributed by atoms with Gasteiger partial charge in [0.15, 0.2) is 0 Å². The van der Waals surface area contributed by atoms with E-state index in [9.17, 15) is 18.5 Å². The molecule has 0 fully saturated rings. The molecule has 12 heteroatoms. The molecule has 1 N–H and O–H groups in total. The van der Waals surface area contributed by atoms with Gasteiger partial charge in [-0.2, -0.15) is 0 Å². The van der Waals surface area contributed by atoms with Crippen LogP contribution in [0.5, 0.6) is 11.6 Å². The Kier molecular flexibility index (Phi) is 5.52. The number of nitrogens with one attached hydrogen (secondary N) is 1. The highest BCUT2D eigenvalue weighted by atomic mass is 32.2. The number of nitro benzene ring substituents is 1. The first-order valence-corrected chi connectivity index (χ1v) is 10.7. The molecule has 0 saturated carbocycles. The lowest BCUT2D eigenvalue weighted by Crippen LogP contribution is -2.12. The Hall–Kier alpha value is -4.32. The molecule has 0 bridgehead atoms. The molecular weight excluding hydrogens is 436 g/mol. The van der Waals surface area contributed by atoms with Crippen LogP contribution in [0, 0.1) is 17.0 Å². The lowest BCUT2D eigenvalue weighted by atomic mass is 10.3. The quantitative estimate of drug-likeness (QED) is 0.332. The zero-order valence-electron chi connectivity index (χ0n) is 16.6. The van der Waals surface area contributed by atoms with Crippen molar-refractivity contribution in [3.05, 3.63) is 89.3 Å². The maximum atomic E-state index is 12.5. The largest absolute Gasteiger partial charge is 0.439 e. The van der Waals surface area contributed by atoms with Crippen molar-refractivity contribution in [2.75, 3.05) is 4.72 Å². The van der Waals surface area contributed by atoms with Crippen LogP contribution in [0.3, 0.4) is 0 Å². The normalized spacial score (nSPS) is 11.2. The fourth-order valence-electron chi connectivity index (χ4n) is 2.81. The number of ether oxygens (including phenoxy) is 1. The summed E-state index contributed by atoms with van der Waals surface area (Å²) in [5, 5.41) is 10.7. The monoisotopic (exact) mass is 452 g/mol. The summed E-state index contributed by atoms with van der Waals surface area (Å²) < 4.78 is 34.9. The molecule has 0 radical (unpaired) electrons. The van der Waals surface area contributed by atoms with E-state index in [1.807, 2.05) is 6.92 Å². The second-order valence-electron chi connectivity index (χ2n) is 6.54. The molecular formula is C20H16N6O5S. The van der Waals surface area contributed by atoms with E-state index in [0.717, 1.165) is 18.0 Å². The van der Waals surface area contributed by atoms with Gasteiger partial charge in [0, 0.05) is 36.3 Å². The molecule has 0 saturated heterocycles. The number of benzene rings is 2. The van der Waals surface area contributed by atoms with E-state index in [0.29, 0.717) is 23.1 Å². The second kappa shape index (κ2) is 8.43. The van der Waals surface area contributed by atoms with E-state index < -0.39 is 14.9 Å². The molecule has 0 unspecified atom stereocenters. The predicted molar refractivity (Wildman–Crippen MR) is 114 cm³/mol. The van der Waals surface area contributed by atoms with Crippen LogP contribution in [0.25, 0.3) is 5.82 Å². The van der Waals surface area contributed by atoms with Crippen molar-refractivity contribution in [3.8, 4) is 17.4 Å². The number of nitro groups is 1. The average Bonchev–Trinajstić information content (AvgIpc) is 3.21. The number of sulfonamides is 1. The molecule has 0 aliphatic heterocycles. The van der Waals surface area contributed by atoms with Gasteiger partial charge < -0.3 is 4.74 Å². The number of non-ortho nitro benzene ring substituents is 1. The highest BCUT2D eigenvalue weighted by molar-refractivity contribution is 7.92. The molecule has 162 valence electrons. The van der Waals surface area contributed by atoms with Gasteiger partial charge in [0.25, 0.3) is 15.7 Å². The number of hydrogen-bond donors (Lipinski definition) is 1. The molecule has 0 amide bonds. The molecule has 2 heterocycles. The van der Waals surface area contributed by atoms with Gasteiger partial charge in [-0.05, 0) is 43.3 Å². The standard InChI is InChI=1S/C20H16N6O5S/c1-14-21-10-11-25(14)19-12-20(23-13-22-19)31-17-6-2-15(3-7-17)24-32(29,30)18-8-4-16(5-9-18)26(27)28/h2-13,24H,1H3. The van der Waals surface area contributed by atoms with Gasteiger partial charge in [-0.1, -0.05) is 0 Å². The fraction of sp³-hybridized carbons (Fsp3) is 0.0500. The molecule has 32 heavy (non-hydrogen) atoms. The lowest BCUT2D eigenvalue weighted by molar-refractivity contribution is -0.384. The van der Waals surface area contributed by atoms with E-state index in [4.69, 9.17) is 4.74 Å². The third kappa shape index (κ3) is 4.54. The maximum absolute atomic E-state index is 12.5. The van der Waals surface area contributed by atoms with Crippen molar-refractivity contribution >= 4 is 21.4 Å². The number of rotatable bonds is 7. The van der Waals surface area contributed by atoms with Gasteiger partial charge in [-0.3, -0.25) is 19.4 Å². The Labute approximate surface area is 182 Å². The van der Waals surface area contributed by atoms with Gasteiger partial charge in [-0.15, -0.1) is 0 Å². The van der Waals surface area contributed by atoms with Gasteiger partial charge in [0.05, 0.1) is 9.82 Å². The lowest BCUT2D eigenvalue weighted by Gasteiger charge is -2.10. The molecule has 4 rings (SSSR count). The summed E-state index contributed by atoms with van der Waals surface area (Å²) in [7, 11) is -3.91. The van der Waals surface area contributed by atoms with Crippen LogP contribution >= 0.6 is 0 Å². The number of nitrogens with zero attached hydrogens (tertiary/aromatic N) is 5. The molecule has 0 atom stereocenters. The van der Waals surface area contributed by atoms with E-state index in [-0.39, 0.29) is 10.6 Å². The summed E-state index contributed by atoms with van der Waals surface area (Å²) in [4.78, 5) is 22.5. The first kappa shape index (κ1) is 20.9. The van der Waals surface area contributed by atoms with Crippen molar-refractivity contribution in [1.29, 1.82) is 0 Å². The smallest absolute Gasteiger partial charge is 0.269 e. The maximum Gasteiger partial charge on any atom is 0.269 e. The summed E-state index contributed by atoms with van der Waals surface area (Å²) >= 11 is 0. The van der Waals surface area contributed by atoms with E-state index in [1.165, 1.54) is 30.6 Å². The highest BCUT2D eigenvalue weighted by Gasteiger charge is 2.16. The third-order valence-corrected chi connectivity index (χ3v) is 5.78. The third-order valence-electron chi connectivity index (χ3n) is 4.39. The van der Waals surface area contributed by atoms with Crippen molar-refractivity contribution < 1.29 is 18.1 Å². The number of hydrogen-bond acceptors (Lipinski definition) is 8. The number of imidazole rings is 1. The van der Waals surface area contributed by atoms with Crippen LogP contribution in [0.15, 0.2) is 78.2 Å². The van der Waals surface area contributed by atoms with Crippen molar-refractivity contribution in [1.82, 2.24) is 19.5 Å². The molecule has 0 aliphatic rings. The molecule has 4 aromatic rings. The van der Waals surface area contributed by atoms with Crippen LogP contribution in [0.2, 0.25) is 0 Å². The van der Waals surface area contributed by atoms with Crippen LogP contribution in [0.4, 0.5) is 11.4 Å². The van der Waals surface area contributed by atoms with Crippen LogP contribution in [0.1, 0.15) is 5.82 Å². The van der Waals surface area contributed by atoms with Crippen LogP contribution < -0.4 is 9.46 Å². The number of aryl methyl sites for hydroxylation is 1. The van der Waals surface area contributed by atoms with Crippen LogP contribution in [-0.2, 0) is 10.0 Å². The minimum atomic E-state index is -3.91. The average molecular weight is 452 g/mol. The summed E-state index contributed by atoms with van der Waals surface area (Å²) in [6, 6.07) is 12.5. The van der Waals surface area contributed by atoms with E-state index in [2.05, 4.69) is 19.7 Å². The number of aromatic nitrogens is 4. The Morgan fingerprint density at radius 1 is 1.03 bits per heavy atom. The van der Waals surface area contributed by atoms with Crippen molar-refractivity contribution in [3.63, 3.8) is 0 Å². The molecule has 0 spiro atoms. The van der Waals surface area contributed by atoms with Crippen LogP contribution in [-0.4, -0.2) is 32.9 Å². The Balaban J connectivity index is 1.46. The number of anilines is 1. The highest BCUT2D eigenvalue weighted by Crippen LogP contribution is 2.24. The molecule has 2 aromatic carbocycles. The predicted octanol–water partition coefficient (Wildman–Crippen LogP) is 3.47. The summed E-state index contributed by atoms with van der Waals surface area (Å²) in [5.41, 5.74) is 0.106. The van der Waals surface area contributed by atoms with Gasteiger partial charge in [0.1, 0.15) is 23.7 Å². The summed E-state index contributed by atoms with van der Waals surface area (Å²) in [6.45, 7) is 1.85. The van der Waals surface area contributed by atoms with E-state index >= 15 is 0 Å². The topological polar surface area (TPSA) is 142 Å². The first-order valence-electron chi connectivity index (χ1n) is 9.19. The summed E-state index contributed by atoms with van der Waals surface area (Å²) in [6.07, 6.45) is 4.80. The minimum Gasteiger partial charge on any atom is -0.439 e. The summed E-state index contributed by atoms with van der Waals surface area (Å²) in [5.74, 6) is 2.11. The van der Waals surface area contributed by atoms with Gasteiger partial charge in [0.2, 0.25) is 5.88 Å². The van der Waals surface area contributed by atoms with Crippen molar-refractivity contribution in [2.24, 2.45) is 0 Å². The zero-order valence-corrected chi connectivity index (χ0v) is 17.4. The Morgan fingerprint density at radius 3 is 2.38 bits per heavy atom. The minimum absolute atomic E-state index is 0.0910.